The molecule has 0 aromatic rings. The number of rotatable bonds is 12. The van der Waals surface area contributed by atoms with Crippen LogP contribution in [0.3, 0.4) is 0 Å². The van der Waals surface area contributed by atoms with Crippen molar-refractivity contribution < 1.29 is 123 Å². The maximum absolute atomic E-state index is 12.4. The molecule has 9 atom stereocenters. The average Bonchev–Trinajstić information content (AvgIpc) is 4.17. The van der Waals surface area contributed by atoms with Gasteiger partial charge in [0.05, 0.1) is 17.8 Å². The van der Waals surface area contributed by atoms with Crippen LogP contribution >= 0.6 is 35.3 Å². The van der Waals surface area contributed by atoms with E-state index in [2.05, 4.69) is 30.5 Å². The van der Waals surface area contributed by atoms with Gasteiger partial charge in [-0.15, -0.1) is 0 Å². The molecule has 0 bridgehead atoms. The van der Waals surface area contributed by atoms with Gasteiger partial charge in [0.2, 0.25) is 17.7 Å². The minimum atomic E-state index is -4.37. The molecule has 81 heavy (non-hydrogen) atoms. The van der Waals surface area contributed by atoms with E-state index in [1.54, 1.807) is 0 Å². The quantitative estimate of drug-likeness (QED) is 0.0635. The maximum Gasteiger partial charge on any atom is 2.00 e. The van der Waals surface area contributed by atoms with Crippen LogP contribution in [0.5, 0.6) is 0 Å². The molecule has 0 aliphatic heterocycles. The zero-order chi connectivity index (χ0) is 54.7. The second-order valence-electron chi connectivity index (χ2n) is 19.3. The van der Waals surface area contributed by atoms with Crippen molar-refractivity contribution in [2.45, 2.75) is 224 Å². The Balaban J connectivity index is -0.000000115. The van der Waals surface area contributed by atoms with Crippen LogP contribution < -0.4 is 16.0 Å². The van der Waals surface area contributed by atoms with Gasteiger partial charge in [0, 0.05) is 36.5 Å². The number of carbonyl (C=O) groups excluding carboxylic acids is 3. The van der Waals surface area contributed by atoms with Gasteiger partial charge in [0.25, 0.3) is 0 Å². The summed E-state index contributed by atoms with van der Waals surface area (Å²) in [5, 5.41) is 31.6. The van der Waals surface area contributed by atoms with Crippen molar-refractivity contribution >= 4 is 53.0 Å². The number of aliphatic hydroxyl groups excluding tert-OH is 3. The van der Waals surface area contributed by atoms with E-state index >= 15 is 0 Å². The van der Waals surface area contributed by atoms with Crippen molar-refractivity contribution in [3.63, 3.8) is 0 Å². The third-order valence-corrected chi connectivity index (χ3v) is 16.2. The van der Waals surface area contributed by atoms with Crippen molar-refractivity contribution in [2.24, 2.45) is 17.8 Å². The largest absolute Gasteiger partial charge is 2.00 e. The number of alkyl halides is 9. The average molecular weight is 1410 g/mol. The van der Waals surface area contributed by atoms with Crippen LogP contribution in [-0.4, -0.2) is 102 Å². The number of hydrogen-bond donors (Lipinski definition) is 6. The first-order valence-electron chi connectivity index (χ1n) is 24.8. The Kier molecular flexibility index (Phi) is 60.9. The van der Waals surface area contributed by atoms with E-state index in [0.717, 1.165) is 0 Å². The summed E-state index contributed by atoms with van der Waals surface area (Å²) in [6, 6.07) is 0. The van der Waals surface area contributed by atoms with E-state index in [1.165, 1.54) is 117 Å². The van der Waals surface area contributed by atoms with E-state index in [1.807, 2.05) is 0 Å². The zero-order valence-electron chi connectivity index (χ0n) is 48.6. The molecular formula is C54H93CoF9FeN6O6RuS3. The topological polar surface area (TPSA) is 161 Å². The van der Waals surface area contributed by atoms with Crippen LogP contribution in [-0.2, 0) is 67.7 Å². The number of nitrogens with zero attached hydrogens (tertiary/aromatic N) is 3. The first-order chi connectivity index (χ1) is 33.6. The van der Waals surface area contributed by atoms with Crippen molar-refractivity contribution in [1.29, 1.82) is 0 Å². The smallest absolute Gasteiger partial charge is 0.386 e. The fraction of sp³-hybridized carbons (Fsp3) is 0.778. The minimum Gasteiger partial charge on any atom is -0.386 e. The molecule has 9 unspecified atom stereocenters. The third-order valence-electron chi connectivity index (χ3n) is 12.8. The van der Waals surface area contributed by atoms with E-state index in [-0.39, 0.29) is 133 Å². The predicted octanol–water partition coefficient (Wildman–Crippen LogP) is 15.0. The van der Waals surface area contributed by atoms with Gasteiger partial charge < -0.3 is 59.9 Å². The van der Waals surface area contributed by atoms with E-state index in [4.69, 9.17) is 35.0 Å². The minimum absolute atomic E-state index is 0. The molecule has 6 fully saturated rings. The molecule has 0 saturated heterocycles. The number of aliphatic hydroxyl groups is 3. The predicted molar refractivity (Wildman–Crippen MR) is 303 cm³/mol. The fourth-order valence-corrected chi connectivity index (χ4v) is 11.8. The Morgan fingerprint density at radius 3 is 0.691 bits per heavy atom. The molecule has 6 N–H and O–H groups in total. The first kappa shape index (κ1) is 98.9. The van der Waals surface area contributed by atoms with Gasteiger partial charge in [-0.2, -0.15) is 39.5 Å². The first-order valence-corrected chi connectivity index (χ1v) is 27.4. The Morgan fingerprint density at radius 1 is 0.407 bits per heavy atom. The van der Waals surface area contributed by atoms with Gasteiger partial charge in [-0.1, -0.05) is 116 Å². The van der Waals surface area contributed by atoms with Gasteiger partial charge in [-0.3, -0.25) is 44.9 Å². The molecule has 3 amide bonds. The van der Waals surface area contributed by atoms with Crippen LogP contribution in [0, 0.1) is 82.0 Å². The number of hydrogen-bond acceptors (Lipinski definition) is 9. The van der Waals surface area contributed by atoms with Gasteiger partial charge in [-0.05, 0) is 73.8 Å². The van der Waals surface area contributed by atoms with Crippen molar-refractivity contribution in [3.8, 4) is 0 Å². The summed E-state index contributed by atoms with van der Waals surface area (Å²) in [6.45, 7) is 22.9. The Morgan fingerprint density at radius 2 is 0.568 bits per heavy atom. The van der Waals surface area contributed by atoms with Crippen molar-refractivity contribution in [3.05, 3.63) is 78.8 Å². The zero-order valence-corrected chi connectivity index (χ0v) is 55.0. The Hall–Kier alpha value is -1.17. The maximum atomic E-state index is 12.4. The summed E-state index contributed by atoms with van der Waals surface area (Å²) in [7, 11) is 0. The van der Waals surface area contributed by atoms with Crippen molar-refractivity contribution in [1.82, 2.24) is 16.0 Å². The molecule has 1 radical (unpaired) electrons. The molecule has 6 saturated carbocycles. The Bertz CT molecular complexity index is 1550. The summed E-state index contributed by atoms with van der Waals surface area (Å²) in [5.41, 5.74) is -17.5. The molecule has 0 aromatic heterocycles. The molecular weight excluding hydrogens is 1310 g/mol. The summed E-state index contributed by atoms with van der Waals surface area (Å²) in [6.07, 6.45) is 26.3. The number of halogens is 9. The SMILES string of the molecule is C1CCCC1.C1CCCC1.C1CCCC1.[C-]#[N+]C(C)(CO)NC(=O)C1CCCC1SC(F)(F)F.[C-]#[N+]C(C)(CO)NC(=O)C1CCCC1SC(F)(F)F.[C-]#[N+]C(C)(CO)NC(=O)C1CCCC1SC(F)(F)F.[CH3-].[CH3-].[CH3-].[CH3-].[CH3-].[CH3-].[Co+2].[Fe+2].[Ru+2]. The molecule has 27 heteroatoms. The van der Waals surface area contributed by atoms with Gasteiger partial charge in [-0.25, -0.2) is 19.7 Å². The van der Waals surface area contributed by atoms with Crippen LogP contribution in [0.25, 0.3) is 14.5 Å². The van der Waals surface area contributed by atoms with E-state index < -0.39 is 105 Å². The molecule has 0 heterocycles. The van der Waals surface area contributed by atoms with Crippen LogP contribution in [0.1, 0.15) is 175 Å². The number of thioether (sulfide) groups is 3. The summed E-state index contributed by atoms with van der Waals surface area (Å²) in [4.78, 5) is 45.1. The van der Waals surface area contributed by atoms with E-state index in [0.29, 0.717) is 57.8 Å². The normalized spacial score (nSPS) is 23.1. The third kappa shape index (κ3) is 43.2. The summed E-state index contributed by atoms with van der Waals surface area (Å²) < 4.78 is 111. The molecule has 481 valence electrons. The molecule has 0 aromatic carbocycles. The summed E-state index contributed by atoms with van der Waals surface area (Å²) in [5.74, 6) is -4.07. The van der Waals surface area contributed by atoms with Crippen LogP contribution in [0.4, 0.5) is 39.5 Å². The van der Waals surface area contributed by atoms with E-state index in [9.17, 15) is 53.9 Å². The van der Waals surface area contributed by atoms with Gasteiger partial charge in [0.1, 0.15) is 19.8 Å². The standard InChI is InChI=1S/3C11H15F3N2O2S.3C5H10.6CH3.Co.Fe.Ru/c3*1-10(6-17,15-2)16-9(18)7-4-3-5-8(7)19-11(12,13)14;3*1-2-4-5-3-1;;;;;;;;;/h3*7-8,17H,3-6H2,1H3,(H,16,18);3*1-5H2;6*1H3;;;/q;;;;;;6*-1;3*+2. The molecule has 6 rings (SSSR count). The number of nitrogens with one attached hydrogen (secondary N) is 3. The van der Waals surface area contributed by atoms with Crippen LogP contribution in [0.15, 0.2) is 0 Å². The second kappa shape index (κ2) is 49.9. The van der Waals surface area contributed by atoms with Crippen LogP contribution in [0.2, 0.25) is 0 Å². The van der Waals surface area contributed by atoms with Gasteiger partial charge in [0.15, 0.2) is 0 Å². The second-order valence-corrected chi connectivity index (χ2v) is 23.2. The molecule has 12 nitrogen and oxygen atoms in total. The number of amides is 3. The summed E-state index contributed by atoms with van der Waals surface area (Å²) >= 11 is -0.477. The molecule has 0 spiro atoms. The van der Waals surface area contributed by atoms with Gasteiger partial charge >= 0.3 is 86.8 Å². The fourth-order valence-electron chi connectivity index (χ4n) is 8.65. The monoisotopic (exact) mass is 1410 g/mol. The Labute approximate surface area is 528 Å². The van der Waals surface area contributed by atoms with Crippen molar-refractivity contribution in [2.75, 3.05) is 19.8 Å². The number of carbonyl (C=O) groups is 3. The molecule has 6 aliphatic rings. The molecule has 6 aliphatic carbocycles.